The van der Waals surface area contributed by atoms with Gasteiger partial charge in [0.2, 0.25) is 5.91 Å². The fourth-order valence-corrected chi connectivity index (χ4v) is 1.88. The van der Waals surface area contributed by atoms with Crippen LogP contribution < -0.4 is 5.32 Å². The molecule has 0 saturated heterocycles. The number of rotatable bonds is 6. The molecule has 1 aromatic rings. The molecule has 1 N–H and O–H groups in total. The zero-order chi connectivity index (χ0) is 12.0. The van der Waals surface area contributed by atoms with Crippen molar-refractivity contribution in [2.45, 2.75) is 32.7 Å². The fraction of sp³-hybridized carbons (Fsp3) is 0.636. The van der Waals surface area contributed by atoms with E-state index in [0.717, 1.165) is 29.4 Å². The molecule has 0 unspecified atom stereocenters. The summed E-state index contributed by atoms with van der Waals surface area (Å²) in [6, 6.07) is 0. The van der Waals surface area contributed by atoms with Crippen LogP contribution in [0.1, 0.15) is 30.5 Å². The van der Waals surface area contributed by atoms with Gasteiger partial charge in [-0.15, -0.1) is 0 Å². The summed E-state index contributed by atoms with van der Waals surface area (Å²) in [5, 5.41) is 8.09. The molecular weight excluding hydrogens is 270 g/mol. The van der Waals surface area contributed by atoms with E-state index in [1.807, 2.05) is 20.2 Å². The molecule has 0 saturated carbocycles. The first-order valence-electron chi connectivity index (χ1n) is 5.45. The summed E-state index contributed by atoms with van der Waals surface area (Å²) < 4.78 is 1.77. The molecule has 0 aliphatic heterocycles. The van der Waals surface area contributed by atoms with Crippen molar-refractivity contribution in [3.8, 4) is 0 Å². The number of aromatic nitrogens is 2. The van der Waals surface area contributed by atoms with Gasteiger partial charge in [-0.1, -0.05) is 15.9 Å². The van der Waals surface area contributed by atoms with Crippen LogP contribution >= 0.6 is 15.9 Å². The van der Waals surface area contributed by atoms with E-state index in [4.69, 9.17) is 0 Å². The van der Waals surface area contributed by atoms with Crippen LogP contribution in [0.15, 0.2) is 6.20 Å². The minimum atomic E-state index is 0.115. The number of aryl methyl sites for hydroxylation is 2. The van der Waals surface area contributed by atoms with Crippen molar-refractivity contribution < 1.29 is 4.79 Å². The van der Waals surface area contributed by atoms with E-state index >= 15 is 0 Å². The number of nitrogens with zero attached hydrogens (tertiary/aromatic N) is 2. The standard InChI is InChI=1S/C11H18BrN3O/c1-9-10(8-15(2)14-9)7-13-11(16)5-3-4-6-12/h8H,3-7H2,1-2H3,(H,13,16). The van der Waals surface area contributed by atoms with Gasteiger partial charge in [0.15, 0.2) is 0 Å². The predicted octanol–water partition coefficient (Wildman–Crippen LogP) is 1.91. The molecule has 1 aromatic heterocycles. The van der Waals surface area contributed by atoms with Crippen LogP contribution in [0.4, 0.5) is 0 Å². The third-order valence-corrected chi connectivity index (χ3v) is 2.94. The molecule has 1 heterocycles. The molecule has 0 aliphatic rings. The molecule has 1 rings (SSSR count). The highest BCUT2D eigenvalue weighted by atomic mass is 79.9. The maximum Gasteiger partial charge on any atom is 0.220 e. The minimum Gasteiger partial charge on any atom is -0.352 e. The van der Waals surface area contributed by atoms with Crippen molar-refractivity contribution in [3.05, 3.63) is 17.5 Å². The van der Waals surface area contributed by atoms with Crippen LogP contribution in [0.2, 0.25) is 0 Å². The summed E-state index contributed by atoms with van der Waals surface area (Å²) in [7, 11) is 1.88. The third-order valence-electron chi connectivity index (χ3n) is 2.38. The quantitative estimate of drug-likeness (QED) is 0.642. The smallest absolute Gasteiger partial charge is 0.220 e. The maximum atomic E-state index is 11.5. The topological polar surface area (TPSA) is 46.9 Å². The Morgan fingerprint density at radius 3 is 2.88 bits per heavy atom. The molecule has 90 valence electrons. The van der Waals surface area contributed by atoms with Crippen molar-refractivity contribution in [1.82, 2.24) is 15.1 Å². The second-order valence-electron chi connectivity index (χ2n) is 3.84. The number of hydrogen-bond acceptors (Lipinski definition) is 2. The van der Waals surface area contributed by atoms with Gasteiger partial charge < -0.3 is 5.32 Å². The molecule has 5 heteroatoms. The lowest BCUT2D eigenvalue weighted by atomic mass is 10.2. The molecule has 16 heavy (non-hydrogen) atoms. The monoisotopic (exact) mass is 287 g/mol. The summed E-state index contributed by atoms with van der Waals surface area (Å²) in [4.78, 5) is 11.5. The van der Waals surface area contributed by atoms with Crippen LogP contribution in [0, 0.1) is 6.92 Å². The SMILES string of the molecule is Cc1nn(C)cc1CNC(=O)CCCCBr. The second kappa shape index (κ2) is 6.68. The molecule has 0 fully saturated rings. The number of hydrogen-bond donors (Lipinski definition) is 1. The minimum absolute atomic E-state index is 0.115. The average Bonchev–Trinajstić information content (AvgIpc) is 2.55. The number of unbranched alkanes of at least 4 members (excludes halogenated alkanes) is 1. The van der Waals surface area contributed by atoms with Gasteiger partial charge >= 0.3 is 0 Å². The van der Waals surface area contributed by atoms with E-state index in [1.54, 1.807) is 4.68 Å². The molecule has 0 radical (unpaired) electrons. The van der Waals surface area contributed by atoms with E-state index in [9.17, 15) is 4.79 Å². The van der Waals surface area contributed by atoms with Crippen LogP contribution in [0.25, 0.3) is 0 Å². The van der Waals surface area contributed by atoms with Gasteiger partial charge in [0.1, 0.15) is 0 Å². The number of alkyl halides is 1. The summed E-state index contributed by atoms with van der Waals surface area (Å²) in [5.74, 6) is 0.115. The van der Waals surface area contributed by atoms with Crippen LogP contribution in [0.5, 0.6) is 0 Å². The second-order valence-corrected chi connectivity index (χ2v) is 4.63. The van der Waals surface area contributed by atoms with E-state index < -0.39 is 0 Å². The lowest BCUT2D eigenvalue weighted by Crippen LogP contribution is -2.22. The molecular formula is C11H18BrN3O. The average molecular weight is 288 g/mol. The summed E-state index contributed by atoms with van der Waals surface area (Å²) in [6.07, 6.45) is 4.52. The Labute approximate surface area is 105 Å². The lowest BCUT2D eigenvalue weighted by molar-refractivity contribution is -0.121. The summed E-state index contributed by atoms with van der Waals surface area (Å²) in [6.45, 7) is 2.53. The van der Waals surface area contributed by atoms with E-state index in [0.29, 0.717) is 13.0 Å². The normalized spacial score (nSPS) is 10.4. The molecule has 0 atom stereocenters. The Kier molecular flexibility index (Phi) is 5.52. The molecule has 0 bridgehead atoms. The van der Waals surface area contributed by atoms with Crippen molar-refractivity contribution in [1.29, 1.82) is 0 Å². The number of carbonyl (C=O) groups is 1. The summed E-state index contributed by atoms with van der Waals surface area (Å²) >= 11 is 3.34. The fourth-order valence-electron chi connectivity index (χ4n) is 1.48. The predicted molar refractivity (Wildman–Crippen MR) is 67.4 cm³/mol. The van der Waals surface area contributed by atoms with Crippen LogP contribution in [-0.2, 0) is 18.4 Å². The Bertz CT molecular complexity index is 349. The molecule has 4 nitrogen and oxygen atoms in total. The van der Waals surface area contributed by atoms with Crippen LogP contribution in [-0.4, -0.2) is 21.0 Å². The van der Waals surface area contributed by atoms with Gasteiger partial charge in [0.25, 0.3) is 0 Å². The molecule has 0 aromatic carbocycles. The molecule has 0 aliphatic carbocycles. The van der Waals surface area contributed by atoms with E-state index in [2.05, 4.69) is 26.3 Å². The first kappa shape index (κ1) is 13.2. The number of halogens is 1. The zero-order valence-electron chi connectivity index (χ0n) is 9.79. The van der Waals surface area contributed by atoms with Gasteiger partial charge in [-0.3, -0.25) is 9.48 Å². The highest BCUT2D eigenvalue weighted by Gasteiger charge is 2.05. The summed E-state index contributed by atoms with van der Waals surface area (Å²) in [5.41, 5.74) is 2.06. The maximum absolute atomic E-state index is 11.5. The van der Waals surface area contributed by atoms with Gasteiger partial charge in [0.05, 0.1) is 5.69 Å². The first-order valence-corrected chi connectivity index (χ1v) is 6.57. The Hall–Kier alpha value is -0.840. The van der Waals surface area contributed by atoms with Crippen molar-refractivity contribution in [2.75, 3.05) is 5.33 Å². The van der Waals surface area contributed by atoms with Gasteiger partial charge in [0, 0.05) is 37.1 Å². The Balaban J connectivity index is 2.29. The number of carbonyl (C=O) groups excluding carboxylic acids is 1. The first-order chi connectivity index (χ1) is 7.63. The zero-order valence-corrected chi connectivity index (χ0v) is 11.4. The molecule has 1 amide bonds. The lowest BCUT2D eigenvalue weighted by Gasteiger charge is -2.03. The highest BCUT2D eigenvalue weighted by molar-refractivity contribution is 9.09. The van der Waals surface area contributed by atoms with E-state index in [1.165, 1.54) is 0 Å². The van der Waals surface area contributed by atoms with Gasteiger partial charge in [-0.05, 0) is 19.8 Å². The van der Waals surface area contributed by atoms with Crippen molar-refractivity contribution in [2.24, 2.45) is 7.05 Å². The molecule has 0 spiro atoms. The van der Waals surface area contributed by atoms with E-state index in [-0.39, 0.29) is 5.91 Å². The third kappa shape index (κ3) is 4.35. The van der Waals surface area contributed by atoms with Crippen LogP contribution in [0.3, 0.4) is 0 Å². The Morgan fingerprint density at radius 1 is 1.56 bits per heavy atom. The van der Waals surface area contributed by atoms with Gasteiger partial charge in [-0.25, -0.2) is 0 Å². The number of amides is 1. The van der Waals surface area contributed by atoms with Gasteiger partial charge in [-0.2, -0.15) is 5.10 Å². The largest absolute Gasteiger partial charge is 0.352 e. The Morgan fingerprint density at radius 2 is 2.31 bits per heavy atom. The number of nitrogens with one attached hydrogen (secondary N) is 1. The highest BCUT2D eigenvalue weighted by Crippen LogP contribution is 2.04. The van der Waals surface area contributed by atoms with Crippen molar-refractivity contribution >= 4 is 21.8 Å². The van der Waals surface area contributed by atoms with Crippen molar-refractivity contribution in [3.63, 3.8) is 0 Å².